The van der Waals surface area contributed by atoms with Crippen LogP contribution in [0.1, 0.15) is 23.2 Å². The quantitative estimate of drug-likeness (QED) is 0.735. The largest absolute Gasteiger partial charge is 0.340 e. The standard InChI is InChI=1S/C18H16BrN3O3/c19-11-4-3-5-12(10-11)20-16(23)9-8-15-18(25)21-14-7-2-1-6-13(14)17(24)22-15/h1-7,10,15H,8-9H2,(H,20,23)(H,21,25)(H,22,24)/t15-/m0/s1. The summed E-state index contributed by atoms with van der Waals surface area (Å²) in [5.74, 6) is -0.873. The lowest BCUT2D eigenvalue weighted by atomic mass is 10.1. The third-order valence-electron chi connectivity index (χ3n) is 3.82. The van der Waals surface area contributed by atoms with Crippen molar-refractivity contribution in [2.75, 3.05) is 10.6 Å². The molecule has 1 aliphatic rings. The van der Waals surface area contributed by atoms with Crippen molar-refractivity contribution in [3.63, 3.8) is 0 Å². The molecule has 25 heavy (non-hydrogen) atoms. The van der Waals surface area contributed by atoms with Crippen molar-refractivity contribution in [3.8, 4) is 0 Å². The van der Waals surface area contributed by atoms with Crippen molar-refractivity contribution >= 4 is 45.0 Å². The second-order valence-corrected chi connectivity index (χ2v) is 6.57. The molecule has 0 bridgehead atoms. The first-order chi connectivity index (χ1) is 12.0. The molecule has 0 spiro atoms. The van der Waals surface area contributed by atoms with E-state index >= 15 is 0 Å². The molecule has 0 aromatic heterocycles. The van der Waals surface area contributed by atoms with E-state index in [4.69, 9.17) is 0 Å². The van der Waals surface area contributed by atoms with Crippen LogP contribution in [-0.2, 0) is 9.59 Å². The van der Waals surface area contributed by atoms with Crippen LogP contribution in [-0.4, -0.2) is 23.8 Å². The molecule has 0 aliphatic carbocycles. The Morgan fingerprint density at radius 3 is 2.72 bits per heavy atom. The smallest absolute Gasteiger partial charge is 0.254 e. The van der Waals surface area contributed by atoms with E-state index in [1.54, 1.807) is 36.4 Å². The van der Waals surface area contributed by atoms with E-state index in [0.717, 1.165) is 4.47 Å². The van der Waals surface area contributed by atoms with Gasteiger partial charge in [-0.1, -0.05) is 34.1 Å². The summed E-state index contributed by atoms with van der Waals surface area (Å²) < 4.78 is 0.860. The number of rotatable bonds is 4. The molecule has 1 aliphatic heterocycles. The number of carbonyl (C=O) groups excluding carboxylic acids is 3. The lowest BCUT2D eigenvalue weighted by molar-refractivity contribution is -0.118. The highest BCUT2D eigenvalue weighted by Gasteiger charge is 2.27. The second-order valence-electron chi connectivity index (χ2n) is 5.66. The zero-order valence-corrected chi connectivity index (χ0v) is 14.8. The summed E-state index contributed by atoms with van der Waals surface area (Å²) in [6, 6.07) is 13.3. The molecule has 0 saturated heterocycles. The molecule has 3 rings (SSSR count). The summed E-state index contributed by atoms with van der Waals surface area (Å²) in [5.41, 5.74) is 1.56. The van der Waals surface area contributed by atoms with Gasteiger partial charge in [0.05, 0.1) is 11.3 Å². The normalized spacial score (nSPS) is 16.3. The van der Waals surface area contributed by atoms with Crippen molar-refractivity contribution < 1.29 is 14.4 Å². The first-order valence-electron chi connectivity index (χ1n) is 7.79. The van der Waals surface area contributed by atoms with E-state index in [2.05, 4.69) is 31.9 Å². The van der Waals surface area contributed by atoms with Gasteiger partial charge < -0.3 is 16.0 Å². The number of halogens is 1. The van der Waals surface area contributed by atoms with Gasteiger partial charge in [-0.3, -0.25) is 14.4 Å². The first kappa shape index (κ1) is 17.2. The van der Waals surface area contributed by atoms with Crippen LogP contribution >= 0.6 is 15.9 Å². The predicted molar refractivity (Wildman–Crippen MR) is 98.3 cm³/mol. The number of carbonyl (C=O) groups is 3. The number of anilines is 2. The van der Waals surface area contributed by atoms with Crippen molar-refractivity contribution in [1.29, 1.82) is 0 Å². The summed E-state index contributed by atoms with van der Waals surface area (Å²) >= 11 is 3.34. The number of fused-ring (bicyclic) bond motifs is 1. The maximum Gasteiger partial charge on any atom is 0.254 e. The number of amides is 3. The van der Waals surface area contributed by atoms with Gasteiger partial charge in [0.15, 0.2) is 0 Å². The van der Waals surface area contributed by atoms with E-state index in [-0.39, 0.29) is 30.6 Å². The Morgan fingerprint density at radius 1 is 1.12 bits per heavy atom. The number of hydrogen-bond donors (Lipinski definition) is 3. The van der Waals surface area contributed by atoms with E-state index in [0.29, 0.717) is 16.9 Å². The highest BCUT2D eigenvalue weighted by atomic mass is 79.9. The lowest BCUT2D eigenvalue weighted by Gasteiger charge is -2.14. The fraction of sp³-hybridized carbons (Fsp3) is 0.167. The highest BCUT2D eigenvalue weighted by Crippen LogP contribution is 2.20. The maximum absolute atomic E-state index is 12.3. The zero-order valence-electron chi connectivity index (χ0n) is 13.2. The third kappa shape index (κ3) is 4.24. The molecular weight excluding hydrogens is 386 g/mol. The summed E-state index contributed by atoms with van der Waals surface area (Å²) in [6.07, 6.45) is 0.326. The van der Waals surface area contributed by atoms with E-state index in [1.165, 1.54) is 0 Å². The minimum Gasteiger partial charge on any atom is -0.340 e. The molecule has 2 aromatic rings. The van der Waals surface area contributed by atoms with Crippen LogP contribution in [0, 0.1) is 0 Å². The van der Waals surface area contributed by atoms with E-state index in [9.17, 15) is 14.4 Å². The highest BCUT2D eigenvalue weighted by molar-refractivity contribution is 9.10. The van der Waals surface area contributed by atoms with Crippen LogP contribution in [0.2, 0.25) is 0 Å². The van der Waals surface area contributed by atoms with Gasteiger partial charge in [0, 0.05) is 16.6 Å². The lowest BCUT2D eigenvalue weighted by Crippen LogP contribution is -2.41. The van der Waals surface area contributed by atoms with Crippen molar-refractivity contribution in [2.45, 2.75) is 18.9 Å². The molecule has 3 N–H and O–H groups in total. The minimum atomic E-state index is -0.756. The van der Waals surface area contributed by atoms with Gasteiger partial charge in [-0.25, -0.2) is 0 Å². The maximum atomic E-state index is 12.3. The molecule has 7 heteroatoms. The summed E-state index contributed by atoms with van der Waals surface area (Å²) in [5, 5.41) is 8.17. The average molecular weight is 402 g/mol. The molecule has 1 heterocycles. The molecule has 0 radical (unpaired) electrons. The molecule has 3 amide bonds. The molecule has 0 saturated carbocycles. The first-order valence-corrected chi connectivity index (χ1v) is 8.58. The van der Waals surface area contributed by atoms with Gasteiger partial charge in [0.1, 0.15) is 6.04 Å². The van der Waals surface area contributed by atoms with Gasteiger partial charge in [0.2, 0.25) is 11.8 Å². The van der Waals surface area contributed by atoms with Crippen LogP contribution < -0.4 is 16.0 Å². The Kier molecular flexibility index (Phi) is 5.14. The zero-order chi connectivity index (χ0) is 17.8. The van der Waals surface area contributed by atoms with Gasteiger partial charge in [0.25, 0.3) is 5.91 Å². The molecule has 128 valence electrons. The molecular formula is C18H16BrN3O3. The van der Waals surface area contributed by atoms with Crippen LogP contribution in [0.5, 0.6) is 0 Å². The predicted octanol–water partition coefficient (Wildman–Crippen LogP) is 2.92. The Labute approximate surface area is 153 Å². The van der Waals surface area contributed by atoms with Crippen LogP contribution in [0.3, 0.4) is 0 Å². The molecule has 0 fully saturated rings. The van der Waals surface area contributed by atoms with Crippen molar-refractivity contribution in [1.82, 2.24) is 5.32 Å². The van der Waals surface area contributed by atoms with Crippen molar-refractivity contribution in [2.24, 2.45) is 0 Å². The monoisotopic (exact) mass is 401 g/mol. The third-order valence-corrected chi connectivity index (χ3v) is 4.31. The van der Waals surface area contributed by atoms with E-state index < -0.39 is 6.04 Å². The SMILES string of the molecule is O=C(CC[C@@H]1NC(=O)c2ccccc2NC1=O)Nc1cccc(Br)c1. The Bertz CT molecular complexity index is 838. The van der Waals surface area contributed by atoms with Gasteiger partial charge in [-0.15, -0.1) is 0 Å². The molecule has 2 aromatic carbocycles. The van der Waals surface area contributed by atoms with Gasteiger partial charge in [-0.2, -0.15) is 0 Å². The topological polar surface area (TPSA) is 87.3 Å². The molecule has 0 unspecified atom stereocenters. The number of para-hydroxylation sites is 1. The second kappa shape index (κ2) is 7.48. The van der Waals surface area contributed by atoms with Crippen molar-refractivity contribution in [3.05, 3.63) is 58.6 Å². The van der Waals surface area contributed by atoms with Crippen LogP contribution in [0.25, 0.3) is 0 Å². The Hall–Kier alpha value is -2.67. The summed E-state index contributed by atoms with van der Waals surface area (Å²) in [4.78, 5) is 36.6. The molecule has 6 nitrogen and oxygen atoms in total. The summed E-state index contributed by atoms with van der Waals surface area (Å²) in [7, 11) is 0. The number of hydrogen-bond acceptors (Lipinski definition) is 3. The average Bonchev–Trinajstić information content (AvgIpc) is 2.70. The Morgan fingerprint density at radius 2 is 1.92 bits per heavy atom. The van der Waals surface area contributed by atoms with Gasteiger partial charge in [-0.05, 0) is 36.8 Å². The molecule has 1 atom stereocenters. The van der Waals surface area contributed by atoms with Crippen LogP contribution in [0.15, 0.2) is 53.0 Å². The van der Waals surface area contributed by atoms with E-state index in [1.807, 2.05) is 12.1 Å². The fourth-order valence-electron chi connectivity index (χ4n) is 2.58. The summed E-state index contributed by atoms with van der Waals surface area (Å²) in [6.45, 7) is 0. The number of nitrogens with one attached hydrogen (secondary N) is 3. The number of benzene rings is 2. The Balaban J connectivity index is 1.61. The van der Waals surface area contributed by atoms with Gasteiger partial charge >= 0.3 is 0 Å². The minimum absolute atomic E-state index is 0.112. The fourth-order valence-corrected chi connectivity index (χ4v) is 2.98. The van der Waals surface area contributed by atoms with Crippen LogP contribution in [0.4, 0.5) is 11.4 Å².